The molecule has 1 saturated carbocycles. The highest BCUT2D eigenvalue weighted by atomic mass is 16.5. The molecular formula is C26H31N3O2. The van der Waals surface area contributed by atoms with Crippen molar-refractivity contribution in [3.63, 3.8) is 0 Å². The Bertz CT molecular complexity index is 975. The summed E-state index contributed by atoms with van der Waals surface area (Å²) in [5, 5.41) is 21.9. The molecule has 2 unspecified atom stereocenters. The summed E-state index contributed by atoms with van der Waals surface area (Å²) >= 11 is 0. The molecule has 2 fully saturated rings. The van der Waals surface area contributed by atoms with Gasteiger partial charge in [0.15, 0.2) is 6.23 Å². The quantitative estimate of drug-likeness (QED) is 0.580. The Morgan fingerprint density at radius 2 is 1.87 bits per heavy atom. The summed E-state index contributed by atoms with van der Waals surface area (Å²) in [5.41, 5.74) is 6.27. The van der Waals surface area contributed by atoms with Crippen LogP contribution in [0.1, 0.15) is 61.6 Å². The largest absolute Gasteiger partial charge is 0.508 e. The van der Waals surface area contributed by atoms with Crippen molar-refractivity contribution in [1.82, 2.24) is 5.32 Å². The highest BCUT2D eigenvalue weighted by molar-refractivity contribution is 5.69. The Labute approximate surface area is 184 Å². The number of hydrogen-bond acceptors (Lipinski definition) is 5. The summed E-state index contributed by atoms with van der Waals surface area (Å²) < 4.78 is 6.03. The van der Waals surface area contributed by atoms with E-state index in [1.807, 2.05) is 0 Å². The van der Waals surface area contributed by atoms with Gasteiger partial charge in [0, 0.05) is 24.9 Å². The molecule has 0 bridgehead atoms. The lowest BCUT2D eigenvalue weighted by molar-refractivity contribution is 0.0289. The van der Waals surface area contributed by atoms with Gasteiger partial charge in [-0.05, 0) is 72.6 Å². The molecule has 0 spiro atoms. The van der Waals surface area contributed by atoms with Crippen LogP contribution in [0.3, 0.4) is 0 Å². The first-order valence-electron chi connectivity index (χ1n) is 11.5. The molecule has 3 aliphatic rings. The minimum atomic E-state index is -0.253. The van der Waals surface area contributed by atoms with Crippen LogP contribution in [-0.4, -0.2) is 24.0 Å². The van der Waals surface area contributed by atoms with Crippen molar-refractivity contribution < 1.29 is 9.84 Å². The van der Waals surface area contributed by atoms with E-state index in [4.69, 9.17) is 4.74 Å². The predicted octanol–water partition coefficient (Wildman–Crippen LogP) is 6.07. The van der Waals surface area contributed by atoms with E-state index in [9.17, 15) is 5.11 Å². The first-order valence-corrected chi connectivity index (χ1v) is 11.5. The molecule has 2 aliphatic carbocycles. The first-order chi connectivity index (χ1) is 15.2. The summed E-state index contributed by atoms with van der Waals surface area (Å²) in [7, 11) is 0. The maximum absolute atomic E-state index is 9.40. The van der Waals surface area contributed by atoms with Gasteiger partial charge in [-0.15, -0.1) is 0 Å². The number of phenolic OH excluding ortho intramolecular Hbond substituents is 1. The zero-order valence-electron chi connectivity index (χ0n) is 18.1. The van der Waals surface area contributed by atoms with Gasteiger partial charge in [0.2, 0.25) is 0 Å². The van der Waals surface area contributed by atoms with Crippen LogP contribution in [0.5, 0.6) is 5.75 Å². The fraction of sp³-hybridized carbons (Fsp3) is 0.462. The van der Waals surface area contributed by atoms with Gasteiger partial charge in [-0.25, -0.2) is 0 Å². The fourth-order valence-corrected chi connectivity index (χ4v) is 5.06. The fourth-order valence-electron chi connectivity index (χ4n) is 5.06. The van der Waals surface area contributed by atoms with Crippen LogP contribution in [0.15, 0.2) is 58.3 Å². The maximum atomic E-state index is 9.40. The lowest BCUT2D eigenvalue weighted by Crippen LogP contribution is -2.32. The van der Waals surface area contributed by atoms with E-state index in [0.29, 0.717) is 18.6 Å². The molecule has 2 aromatic carbocycles. The summed E-state index contributed by atoms with van der Waals surface area (Å²) in [6, 6.07) is 14.1. The third kappa shape index (κ3) is 4.58. The summed E-state index contributed by atoms with van der Waals surface area (Å²) in [5.74, 6) is 1.45. The van der Waals surface area contributed by atoms with E-state index in [1.54, 1.807) is 24.3 Å². The van der Waals surface area contributed by atoms with Crippen molar-refractivity contribution in [2.75, 3.05) is 6.61 Å². The predicted molar refractivity (Wildman–Crippen MR) is 122 cm³/mol. The van der Waals surface area contributed by atoms with Gasteiger partial charge < -0.3 is 15.2 Å². The molecule has 31 heavy (non-hydrogen) atoms. The van der Waals surface area contributed by atoms with E-state index in [2.05, 4.69) is 46.7 Å². The van der Waals surface area contributed by atoms with Crippen molar-refractivity contribution >= 4 is 11.8 Å². The maximum Gasteiger partial charge on any atom is 0.172 e. The second kappa shape index (κ2) is 8.93. The van der Waals surface area contributed by atoms with Crippen LogP contribution in [0, 0.1) is 5.92 Å². The lowest BCUT2D eigenvalue weighted by Gasteiger charge is -2.27. The number of aromatic hydroxyl groups is 1. The molecule has 2 aromatic rings. The normalized spacial score (nSPS) is 27.7. The molecule has 5 heteroatoms. The van der Waals surface area contributed by atoms with E-state index < -0.39 is 0 Å². The van der Waals surface area contributed by atoms with Gasteiger partial charge in [-0.1, -0.05) is 36.8 Å². The Morgan fingerprint density at radius 1 is 1.06 bits per heavy atom. The molecule has 0 aromatic heterocycles. The molecule has 0 amide bonds. The summed E-state index contributed by atoms with van der Waals surface area (Å²) in [6.07, 6.45) is 8.15. The first kappa shape index (κ1) is 20.4. The van der Waals surface area contributed by atoms with Gasteiger partial charge in [0.05, 0.1) is 12.3 Å². The standard InChI is InChI=1S/C26H31N3O2/c1-17-5-7-20(8-6-17)27-15-18-3-2-4-23-24(18)13-19-14-26(31-16-25(19)23)29-28-21-9-11-22(30)12-10-21/h2-4,9-13,17,20,25-27,30H,5-8,14-16H2,1H3. The zero-order valence-corrected chi connectivity index (χ0v) is 18.1. The molecule has 1 heterocycles. The van der Waals surface area contributed by atoms with E-state index in [0.717, 1.165) is 24.6 Å². The second-order valence-electron chi connectivity index (χ2n) is 9.25. The van der Waals surface area contributed by atoms with Gasteiger partial charge in [0.1, 0.15) is 5.75 Å². The minimum Gasteiger partial charge on any atom is -0.508 e. The SMILES string of the molecule is CC1CCC(NCc2cccc3c2C=C2CC(N=Nc4ccc(O)cc4)OCC23)CC1. The summed E-state index contributed by atoms with van der Waals surface area (Å²) in [4.78, 5) is 0. The molecule has 162 valence electrons. The van der Waals surface area contributed by atoms with Crippen LogP contribution in [0.4, 0.5) is 5.69 Å². The average Bonchev–Trinajstić information content (AvgIpc) is 3.17. The monoisotopic (exact) mass is 417 g/mol. The number of nitrogens with zero attached hydrogens (tertiary/aromatic N) is 2. The van der Waals surface area contributed by atoms with Crippen LogP contribution in [0.25, 0.3) is 6.08 Å². The van der Waals surface area contributed by atoms with Crippen LogP contribution in [-0.2, 0) is 11.3 Å². The number of hydrogen-bond donors (Lipinski definition) is 2. The number of rotatable bonds is 5. The van der Waals surface area contributed by atoms with Gasteiger partial charge in [-0.2, -0.15) is 10.2 Å². The van der Waals surface area contributed by atoms with Crippen LogP contribution in [0.2, 0.25) is 0 Å². The third-order valence-corrected chi connectivity index (χ3v) is 7.00. The molecule has 0 radical (unpaired) electrons. The minimum absolute atomic E-state index is 0.230. The molecule has 1 aliphatic heterocycles. The van der Waals surface area contributed by atoms with Gasteiger partial charge in [0.25, 0.3) is 0 Å². The average molecular weight is 418 g/mol. The van der Waals surface area contributed by atoms with Gasteiger partial charge >= 0.3 is 0 Å². The topological polar surface area (TPSA) is 66.2 Å². The second-order valence-corrected chi connectivity index (χ2v) is 9.25. The smallest absolute Gasteiger partial charge is 0.172 e. The highest BCUT2D eigenvalue weighted by Gasteiger charge is 2.33. The van der Waals surface area contributed by atoms with Crippen molar-refractivity contribution in [2.45, 2.75) is 63.8 Å². The van der Waals surface area contributed by atoms with Crippen molar-refractivity contribution in [1.29, 1.82) is 0 Å². The Hall–Kier alpha value is -2.50. The molecule has 5 nitrogen and oxygen atoms in total. The number of nitrogens with one attached hydrogen (secondary N) is 1. The number of benzene rings is 2. The number of phenols is 1. The molecule has 2 atom stereocenters. The number of azo groups is 1. The van der Waals surface area contributed by atoms with E-state index in [1.165, 1.54) is 47.9 Å². The molecular weight excluding hydrogens is 386 g/mol. The number of ether oxygens (including phenoxy) is 1. The van der Waals surface area contributed by atoms with E-state index in [-0.39, 0.29) is 12.0 Å². The Balaban J connectivity index is 1.25. The molecule has 5 rings (SSSR count). The van der Waals surface area contributed by atoms with Crippen molar-refractivity contribution in [3.8, 4) is 5.75 Å². The zero-order chi connectivity index (χ0) is 21.2. The third-order valence-electron chi connectivity index (χ3n) is 7.00. The summed E-state index contributed by atoms with van der Waals surface area (Å²) in [6.45, 7) is 3.95. The van der Waals surface area contributed by atoms with Crippen molar-refractivity contribution in [3.05, 3.63) is 64.7 Å². The lowest BCUT2D eigenvalue weighted by atomic mass is 9.87. The molecule has 2 N–H and O–H groups in total. The van der Waals surface area contributed by atoms with Crippen LogP contribution < -0.4 is 5.32 Å². The number of fused-ring (bicyclic) bond motifs is 3. The Morgan fingerprint density at radius 3 is 2.68 bits per heavy atom. The molecule has 1 saturated heterocycles. The van der Waals surface area contributed by atoms with Crippen molar-refractivity contribution in [2.24, 2.45) is 16.1 Å². The van der Waals surface area contributed by atoms with Gasteiger partial charge in [-0.3, -0.25) is 0 Å². The highest BCUT2D eigenvalue weighted by Crippen LogP contribution is 2.43. The Kier molecular flexibility index (Phi) is 5.88. The van der Waals surface area contributed by atoms with Crippen LogP contribution >= 0.6 is 0 Å². The van der Waals surface area contributed by atoms with E-state index >= 15 is 0 Å².